The molecule has 9 heteroatoms. The van der Waals surface area contributed by atoms with Gasteiger partial charge in [0.2, 0.25) is 0 Å². The third kappa shape index (κ3) is 3.23. The molecule has 0 spiro atoms. The van der Waals surface area contributed by atoms with Crippen molar-refractivity contribution in [1.82, 2.24) is 10.2 Å². The van der Waals surface area contributed by atoms with Gasteiger partial charge in [0.05, 0.1) is 27.4 Å². The van der Waals surface area contributed by atoms with Gasteiger partial charge in [0, 0.05) is 44.4 Å². The standard InChI is InChI=1S/C21H18ClFN4O3/c22-15-8-13-20(29)18(9-17-12-7-11(23)1-2-16(12)25-26-17)30-21(13)14(19(15)28)10-27-5-3-24-4-6-27/h1-2,7-9,24,28-29H,3-6,10H2. The van der Waals surface area contributed by atoms with E-state index >= 15 is 0 Å². The molecule has 2 aliphatic heterocycles. The number of hydrogen-bond acceptors (Lipinski definition) is 7. The molecule has 3 N–H and O–H groups in total. The molecular formula is C21H18ClFN4O3. The van der Waals surface area contributed by atoms with E-state index in [1.54, 1.807) is 0 Å². The van der Waals surface area contributed by atoms with Gasteiger partial charge in [0.1, 0.15) is 17.1 Å². The van der Waals surface area contributed by atoms with Crippen LogP contribution in [0.4, 0.5) is 10.1 Å². The van der Waals surface area contributed by atoms with E-state index in [0.717, 1.165) is 26.2 Å². The van der Waals surface area contributed by atoms with Crippen LogP contribution >= 0.6 is 11.6 Å². The summed E-state index contributed by atoms with van der Waals surface area (Å²) in [4.78, 5) is 2.17. The lowest BCUT2D eigenvalue weighted by atomic mass is 10.1. The zero-order valence-corrected chi connectivity index (χ0v) is 16.6. The fourth-order valence-electron chi connectivity index (χ4n) is 3.79. The van der Waals surface area contributed by atoms with Gasteiger partial charge in [-0.2, -0.15) is 0 Å². The van der Waals surface area contributed by atoms with Gasteiger partial charge in [-0.1, -0.05) is 11.6 Å². The predicted octanol–water partition coefficient (Wildman–Crippen LogP) is 4.64. The lowest BCUT2D eigenvalue weighted by molar-refractivity contribution is 0.230. The second-order valence-electron chi connectivity index (χ2n) is 7.29. The van der Waals surface area contributed by atoms with Crippen LogP contribution in [-0.4, -0.2) is 41.3 Å². The summed E-state index contributed by atoms with van der Waals surface area (Å²) in [6.45, 7) is 3.78. The minimum atomic E-state index is -0.407. The largest absolute Gasteiger partial charge is 0.506 e. The van der Waals surface area contributed by atoms with E-state index in [4.69, 9.17) is 16.0 Å². The first-order chi connectivity index (χ1) is 14.5. The molecule has 0 atom stereocenters. The van der Waals surface area contributed by atoms with Crippen LogP contribution in [0.2, 0.25) is 5.02 Å². The molecule has 0 bridgehead atoms. The van der Waals surface area contributed by atoms with Crippen molar-refractivity contribution in [3.8, 4) is 11.5 Å². The predicted molar refractivity (Wildman–Crippen MR) is 111 cm³/mol. The average molecular weight is 429 g/mol. The number of piperazine rings is 1. The topological polar surface area (TPSA) is 93.6 Å². The Hall–Kier alpha value is -2.94. The summed E-state index contributed by atoms with van der Waals surface area (Å²) in [5.74, 6) is -0.459. The number of phenols is 1. The van der Waals surface area contributed by atoms with Crippen LogP contribution in [0.1, 0.15) is 16.9 Å². The smallest absolute Gasteiger partial charge is 0.172 e. The number of furan rings is 1. The monoisotopic (exact) mass is 428 g/mol. The Bertz CT molecular complexity index is 1210. The van der Waals surface area contributed by atoms with Gasteiger partial charge in [0.25, 0.3) is 0 Å². The summed E-state index contributed by atoms with van der Waals surface area (Å²) >= 11 is 6.22. The molecule has 7 nitrogen and oxygen atoms in total. The Labute approximate surface area is 176 Å². The average Bonchev–Trinajstić information content (AvgIpc) is 3.28. The van der Waals surface area contributed by atoms with Crippen molar-refractivity contribution in [1.29, 1.82) is 0 Å². The lowest BCUT2D eigenvalue weighted by Crippen LogP contribution is -2.42. The summed E-state index contributed by atoms with van der Waals surface area (Å²) in [5.41, 5.74) is 2.29. The first-order valence-corrected chi connectivity index (χ1v) is 9.91. The normalized spacial score (nSPS) is 17.9. The maximum absolute atomic E-state index is 13.7. The number of nitrogens with one attached hydrogen (secondary N) is 1. The van der Waals surface area contributed by atoms with Crippen LogP contribution in [0, 0.1) is 5.82 Å². The summed E-state index contributed by atoms with van der Waals surface area (Å²) < 4.78 is 19.6. The fraction of sp³-hybridized carbons (Fsp3) is 0.238. The Morgan fingerprint density at radius 3 is 2.77 bits per heavy atom. The molecule has 0 radical (unpaired) electrons. The molecule has 0 amide bonds. The summed E-state index contributed by atoms with van der Waals surface area (Å²) in [6, 6.07) is 5.65. The van der Waals surface area contributed by atoms with Crippen molar-refractivity contribution in [2.75, 3.05) is 26.2 Å². The highest BCUT2D eigenvalue weighted by molar-refractivity contribution is 6.33. The molecule has 1 fully saturated rings. The van der Waals surface area contributed by atoms with Crippen LogP contribution in [0.5, 0.6) is 11.5 Å². The molecule has 0 aliphatic carbocycles. The molecule has 0 unspecified atom stereocenters. The number of azo groups is 1. The van der Waals surface area contributed by atoms with Crippen LogP contribution in [0.25, 0.3) is 22.7 Å². The second-order valence-corrected chi connectivity index (χ2v) is 7.70. The van der Waals surface area contributed by atoms with Gasteiger partial charge in [-0.15, -0.1) is 10.2 Å². The number of phenolic OH excluding ortho intramolecular Hbond substituents is 1. The molecular weight excluding hydrogens is 411 g/mol. The molecule has 2 aliphatic rings. The zero-order chi connectivity index (χ0) is 20.8. The van der Waals surface area contributed by atoms with E-state index in [9.17, 15) is 14.6 Å². The van der Waals surface area contributed by atoms with Gasteiger partial charge < -0.3 is 19.9 Å². The van der Waals surface area contributed by atoms with Crippen molar-refractivity contribution in [3.63, 3.8) is 0 Å². The van der Waals surface area contributed by atoms with Crippen molar-refractivity contribution in [2.24, 2.45) is 10.2 Å². The van der Waals surface area contributed by atoms with Gasteiger partial charge in [-0.25, -0.2) is 4.39 Å². The Morgan fingerprint density at radius 2 is 1.97 bits per heavy atom. The SMILES string of the molecule is Oc1c(Cl)cc2c(O)c(C=C3N=Nc4ccc(F)cc43)oc2c1CN1CCNCC1. The Morgan fingerprint density at radius 1 is 1.17 bits per heavy atom. The van der Waals surface area contributed by atoms with E-state index in [0.29, 0.717) is 40.0 Å². The third-order valence-electron chi connectivity index (χ3n) is 5.36. The van der Waals surface area contributed by atoms with E-state index in [1.165, 1.54) is 30.3 Å². The van der Waals surface area contributed by atoms with Crippen molar-refractivity contribution < 1.29 is 19.0 Å². The van der Waals surface area contributed by atoms with Crippen LogP contribution in [0.15, 0.2) is 38.9 Å². The van der Waals surface area contributed by atoms with E-state index in [2.05, 4.69) is 20.4 Å². The van der Waals surface area contributed by atoms with Gasteiger partial charge in [0.15, 0.2) is 11.5 Å². The number of halogens is 2. The fourth-order valence-corrected chi connectivity index (χ4v) is 4.01. The lowest BCUT2D eigenvalue weighted by Gasteiger charge is -2.27. The highest BCUT2D eigenvalue weighted by Crippen LogP contribution is 2.44. The van der Waals surface area contributed by atoms with Gasteiger partial charge in [-0.05, 0) is 24.3 Å². The summed E-state index contributed by atoms with van der Waals surface area (Å²) in [5, 5.41) is 33.2. The molecule has 3 heterocycles. The number of benzene rings is 2. The van der Waals surface area contributed by atoms with Gasteiger partial charge in [-0.3, -0.25) is 4.90 Å². The molecule has 3 aromatic rings. The summed E-state index contributed by atoms with van der Waals surface area (Å²) in [6.07, 6.45) is 1.50. The van der Waals surface area contributed by atoms with Crippen LogP contribution in [-0.2, 0) is 6.54 Å². The highest BCUT2D eigenvalue weighted by atomic mass is 35.5. The third-order valence-corrected chi connectivity index (χ3v) is 5.65. The number of rotatable bonds is 3. The quantitative estimate of drug-likeness (QED) is 0.565. The molecule has 5 rings (SSSR count). The zero-order valence-electron chi connectivity index (χ0n) is 15.8. The van der Waals surface area contributed by atoms with Crippen molar-refractivity contribution in [2.45, 2.75) is 6.54 Å². The summed E-state index contributed by atoms with van der Waals surface area (Å²) in [7, 11) is 0. The first kappa shape index (κ1) is 19.0. The van der Waals surface area contributed by atoms with Crippen LogP contribution in [0.3, 0.4) is 0 Å². The van der Waals surface area contributed by atoms with Crippen molar-refractivity contribution >= 4 is 40.0 Å². The van der Waals surface area contributed by atoms with Crippen LogP contribution < -0.4 is 5.32 Å². The van der Waals surface area contributed by atoms with E-state index < -0.39 is 5.82 Å². The molecule has 0 saturated carbocycles. The minimum Gasteiger partial charge on any atom is -0.506 e. The molecule has 154 valence electrons. The Kier molecular flexibility index (Phi) is 4.69. The van der Waals surface area contributed by atoms with E-state index in [-0.39, 0.29) is 22.3 Å². The second kappa shape index (κ2) is 7.39. The number of aromatic hydroxyl groups is 2. The molecule has 30 heavy (non-hydrogen) atoms. The van der Waals surface area contributed by atoms with Gasteiger partial charge >= 0.3 is 0 Å². The highest BCUT2D eigenvalue weighted by Gasteiger charge is 2.24. The number of nitrogens with zero attached hydrogens (tertiary/aromatic N) is 3. The van der Waals surface area contributed by atoms with Crippen molar-refractivity contribution in [3.05, 3.63) is 52.0 Å². The molecule has 2 aromatic carbocycles. The Balaban J connectivity index is 1.60. The maximum atomic E-state index is 13.7. The maximum Gasteiger partial charge on any atom is 0.172 e. The number of fused-ring (bicyclic) bond motifs is 2. The van der Waals surface area contributed by atoms with E-state index in [1.807, 2.05) is 0 Å². The molecule has 1 saturated heterocycles. The number of hydrogen-bond donors (Lipinski definition) is 3. The minimum absolute atomic E-state index is 0.0661. The first-order valence-electron chi connectivity index (χ1n) is 9.53. The molecule has 1 aromatic heterocycles.